The first kappa shape index (κ1) is 16.3. The van der Waals surface area contributed by atoms with Crippen molar-refractivity contribution < 1.29 is 0 Å². The van der Waals surface area contributed by atoms with Gasteiger partial charge in [-0.2, -0.15) is 0 Å². The third-order valence-corrected chi connectivity index (χ3v) is 5.63. The Morgan fingerprint density at radius 2 is 1.60 bits per heavy atom. The summed E-state index contributed by atoms with van der Waals surface area (Å²) in [6.07, 6.45) is 12.0. The highest BCUT2D eigenvalue weighted by Crippen LogP contribution is 2.54. The van der Waals surface area contributed by atoms with E-state index < -0.39 is 0 Å². The number of likely N-dealkylation sites (tertiary alicyclic amines) is 1. The Balaban J connectivity index is 1.57. The van der Waals surface area contributed by atoms with Crippen molar-refractivity contribution in [2.24, 2.45) is 23.2 Å². The third-order valence-electron chi connectivity index (χ3n) is 5.63. The maximum absolute atomic E-state index is 2.70. The Kier molecular flexibility index (Phi) is 5.95. The molecule has 118 valence electrons. The standard InChI is InChI=1S/C19H37N/c1-16(2)7-5-6-8-18-13-19(14-18)9-11-20(12-10-19)15-17(3)4/h16-18H,5-15H2,1-4H3. The molecule has 0 atom stereocenters. The lowest BCUT2D eigenvalue weighted by atomic mass is 9.56. The molecule has 0 radical (unpaired) electrons. The molecule has 1 saturated carbocycles. The van der Waals surface area contributed by atoms with E-state index in [1.54, 1.807) is 12.8 Å². The largest absolute Gasteiger partial charge is 0.303 e. The minimum absolute atomic E-state index is 0.788. The summed E-state index contributed by atoms with van der Waals surface area (Å²) in [6, 6.07) is 0. The predicted molar refractivity (Wildman–Crippen MR) is 89.0 cm³/mol. The summed E-state index contributed by atoms with van der Waals surface area (Å²) < 4.78 is 0. The van der Waals surface area contributed by atoms with Crippen LogP contribution in [0.1, 0.15) is 79.1 Å². The second kappa shape index (κ2) is 7.29. The average Bonchev–Trinajstić information content (AvgIpc) is 2.33. The summed E-state index contributed by atoms with van der Waals surface area (Å²) in [5.41, 5.74) is 0.788. The molecule has 0 aromatic rings. The molecule has 20 heavy (non-hydrogen) atoms. The van der Waals surface area contributed by atoms with E-state index in [0.717, 1.165) is 23.2 Å². The van der Waals surface area contributed by atoms with Crippen LogP contribution in [-0.2, 0) is 0 Å². The van der Waals surface area contributed by atoms with Crippen molar-refractivity contribution in [3.63, 3.8) is 0 Å². The summed E-state index contributed by atoms with van der Waals surface area (Å²) >= 11 is 0. The van der Waals surface area contributed by atoms with E-state index in [-0.39, 0.29) is 0 Å². The zero-order valence-electron chi connectivity index (χ0n) is 14.5. The molecule has 0 bridgehead atoms. The zero-order chi connectivity index (χ0) is 14.6. The van der Waals surface area contributed by atoms with E-state index in [1.165, 1.54) is 58.2 Å². The molecule has 2 aliphatic rings. The molecular weight excluding hydrogens is 242 g/mol. The first-order valence-corrected chi connectivity index (χ1v) is 9.21. The highest BCUT2D eigenvalue weighted by molar-refractivity contribution is 4.96. The molecular formula is C19H37N. The fourth-order valence-corrected chi connectivity index (χ4v) is 4.49. The lowest BCUT2D eigenvalue weighted by Gasteiger charge is -2.53. The molecule has 1 nitrogen and oxygen atoms in total. The van der Waals surface area contributed by atoms with Crippen LogP contribution in [-0.4, -0.2) is 24.5 Å². The Bertz CT molecular complexity index is 265. The van der Waals surface area contributed by atoms with Gasteiger partial charge in [-0.05, 0) is 61.9 Å². The number of hydrogen-bond acceptors (Lipinski definition) is 1. The van der Waals surface area contributed by atoms with Crippen LogP contribution in [0.15, 0.2) is 0 Å². The van der Waals surface area contributed by atoms with Crippen molar-refractivity contribution in [3.05, 3.63) is 0 Å². The van der Waals surface area contributed by atoms with Crippen LogP contribution >= 0.6 is 0 Å². The van der Waals surface area contributed by atoms with Gasteiger partial charge in [0.1, 0.15) is 0 Å². The predicted octanol–water partition coefficient (Wildman–Crippen LogP) is 5.35. The summed E-state index contributed by atoms with van der Waals surface area (Å²) in [6.45, 7) is 13.5. The maximum atomic E-state index is 2.70. The van der Waals surface area contributed by atoms with Gasteiger partial charge in [0.15, 0.2) is 0 Å². The van der Waals surface area contributed by atoms with Crippen molar-refractivity contribution in [3.8, 4) is 0 Å². The molecule has 1 aliphatic heterocycles. The van der Waals surface area contributed by atoms with E-state index in [9.17, 15) is 0 Å². The summed E-state index contributed by atoms with van der Waals surface area (Å²) in [5.74, 6) is 2.81. The number of rotatable bonds is 7. The minimum Gasteiger partial charge on any atom is -0.303 e. The van der Waals surface area contributed by atoms with Crippen LogP contribution < -0.4 is 0 Å². The van der Waals surface area contributed by atoms with Crippen LogP contribution in [0.3, 0.4) is 0 Å². The van der Waals surface area contributed by atoms with Crippen molar-refractivity contribution in [2.45, 2.75) is 79.1 Å². The normalized spacial score (nSPS) is 23.7. The average molecular weight is 280 g/mol. The van der Waals surface area contributed by atoms with Crippen molar-refractivity contribution in [2.75, 3.05) is 19.6 Å². The van der Waals surface area contributed by atoms with Crippen molar-refractivity contribution >= 4 is 0 Å². The van der Waals surface area contributed by atoms with Crippen LogP contribution in [0.2, 0.25) is 0 Å². The molecule has 0 amide bonds. The lowest BCUT2D eigenvalue weighted by molar-refractivity contribution is -0.0192. The topological polar surface area (TPSA) is 3.24 Å². The molecule has 0 aromatic carbocycles. The lowest BCUT2D eigenvalue weighted by Crippen LogP contribution is -2.47. The van der Waals surface area contributed by atoms with E-state index in [2.05, 4.69) is 32.6 Å². The Morgan fingerprint density at radius 1 is 0.950 bits per heavy atom. The van der Waals surface area contributed by atoms with Gasteiger partial charge in [-0.15, -0.1) is 0 Å². The summed E-state index contributed by atoms with van der Waals surface area (Å²) in [4.78, 5) is 2.70. The fraction of sp³-hybridized carbons (Fsp3) is 1.00. The van der Waals surface area contributed by atoms with Crippen molar-refractivity contribution in [1.29, 1.82) is 0 Å². The van der Waals surface area contributed by atoms with Gasteiger partial charge in [0, 0.05) is 6.54 Å². The van der Waals surface area contributed by atoms with E-state index >= 15 is 0 Å². The molecule has 2 fully saturated rings. The summed E-state index contributed by atoms with van der Waals surface area (Å²) in [5, 5.41) is 0. The quantitative estimate of drug-likeness (QED) is 0.568. The molecule has 1 heterocycles. The Labute approximate surface area is 127 Å². The molecule has 1 spiro atoms. The molecule has 1 saturated heterocycles. The Hall–Kier alpha value is -0.0400. The van der Waals surface area contributed by atoms with Crippen LogP contribution in [0.5, 0.6) is 0 Å². The van der Waals surface area contributed by atoms with Crippen LogP contribution in [0, 0.1) is 23.2 Å². The SMILES string of the molecule is CC(C)CCCCC1CC2(CCN(CC(C)C)CC2)C1. The highest BCUT2D eigenvalue weighted by atomic mass is 15.1. The van der Waals surface area contributed by atoms with Gasteiger partial charge in [-0.25, -0.2) is 0 Å². The zero-order valence-corrected chi connectivity index (χ0v) is 14.5. The molecule has 1 heteroatoms. The van der Waals surface area contributed by atoms with Crippen LogP contribution in [0.4, 0.5) is 0 Å². The minimum atomic E-state index is 0.788. The number of hydrogen-bond donors (Lipinski definition) is 0. The van der Waals surface area contributed by atoms with E-state index in [4.69, 9.17) is 0 Å². The first-order valence-electron chi connectivity index (χ1n) is 9.21. The first-order chi connectivity index (χ1) is 9.49. The third kappa shape index (κ3) is 4.76. The molecule has 0 unspecified atom stereocenters. The van der Waals surface area contributed by atoms with Gasteiger partial charge in [0.25, 0.3) is 0 Å². The van der Waals surface area contributed by atoms with Gasteiger partial charge < -0.3 is 4.90 Å². The molecule has 0 aromatic heterocycles. The highest BCUT2D eigenvalue weighted by Gasteiger charge is 2.44. The van der Waals surface area contributed by atoms with Crippen molar-refractivity contribution in [1.82, 2.24) is 4.90 Å². The number of nitrogens with zero attached hydrogens (tertiary/aromatic N) is 1. The molecule has 0 N–H and O–H groups in total. The summed E-state index contributed by atoms with van der Waals surface area (Å²) in [7, 11) is 0. The monoisotopic (exact) mass is 279 g/mol. The van der Waals surface area contributed by atoms with Gasteiger partial charge in [0.2, 0.25) is 0 Å². The molecule has 1 aliphatic carbocycles. The van der Waals surface area contributed by atoms with Gasteiger partial charge in [-0.3, -0.25) is 0 Å². The molecule has 2 rings (SSSR count). The second-order valence-corrected chi connectivity index (χ2v) is 8.65. The smallest absolute Gasteiger partial charge is 0.000439 e. The number of piperidine rings is 1. The fourth-order valence-electron chi connectivity index (χ4n) is 4.49. The Morgan fingerprint density at radius 3 is 2.15 bits per heavy atom. The number of unbranched alkanes of at least 4 members (excludes halogenated alkanes) is 1. The van der Waals surface area contributed by atoms with Gasteiger partial charge >= 0.3 is 0 Å². The van der Waals surface area contributed by atoms with Gasteiger partial charge in [-0.1, -0.05) is 53.4 Å². The van der Waals surface area contributed by atoms with Crippen LogP contribution in [0.25, 0.3) is 0 Å². The van der Waals surface area contributed by atoms with E-state index in [0.29, 0.717) is 0 Å². The van der Waals surface area contributed by atoms with E-state index in [1.807, 2.05) is 0 Å². The second-order valence-electron chi connectivity index (χ2n) is 8.65. The van der Waals surface area contributed by atoms with Gasteiger partial charge in [0.05, 0.1) is 0 Å². The maximum Gasteiger partial charge on any atom is 0.000439 e.